The quantitative estimate of drug-likeness (QED) is 0.767. The first kappa shape index (κ1) is 19.6. The molecule has 2 aromatic rings. The molecule has 0 unspecified atom stereocenters. The smallest absolute Gasteiger partial charge is 0.243 e. The summed E-state index contributed by atoms with van der Waals surface area (Å²) in [4.78, 5) is 2.92. The maximum atomic E-state index is 13.0. The van der Waals surface area contributed by atoms with Gasteiger partial charge in [0.15, 0.2) is 0 Å². The summed E-state index contributed by atoms with van der Waals surface area (Å²) >= 11 is 0. The largest absolute Gasteiger partial charge is 0.298 e. The monoisotopic (exact) mass is 398 g/mol. The van der Waals surface area contributed by atoms with Crippen LogP contribution in [0.2, 0.25) is 0 Å². The van der Waals surface area contributed by atoms with Gasteiger partial charge in [-0.15, -0.1) is 0 Å². The van der Waals surface area contributed by atoms with Crippen LogP contribution in [0.15, 0.2) is 59.5 Å². The highest BCUT2D eigenvalue weighted by atomic mass is 32.2. The van der Waals surface area contributed by atoms with Gasteiger partial charge in [0.2, 0.25) is 10.0 Å². The zero-order valence-corrected chi connectivity index (χ0v) is 17.3. The Labute approximate surface area is 169 Å². The summed E-state index contributed by atoms with van der Waals surface area (Å²) in [7, 11) is -3.40. The lowest BCUT2D eigenvalue weighted by molar-refractivity contribution is 0.111. The van der Waals surface area contributed by atoms with Crippen LogP contribution >= 0.6 is 0 Å². The number of sulfonamides is 1. The predicted molar refractivity (Wildman–Crippen MR) is 113 cm³/mol. The first-order valence-electron chi connectivity index (χ1n) is 10.5. The van der Waals surface area contributed by atoms with Crippen LogP contribution in [0, 0.1) is 0 Å². The third-order valence-corrected chi connectivity index (χ3v) is 8.09. The van der Waals surface area contributed by atoms with E-state index >= 15 is 0 Å². The Morgan fingerprint density at radius 2 is 1.36 bits per heavy atom. The highest BCUT2D eigenvalue weighted by molar-refractivity contribution is 7.89. The number of benzene rings is 2. The van der Waals surface area contributed by atoms with E-state index in [1.165, 1.54) is 37.7 Å². The van der Waals surface area contributed by atoms with E-state index in [1.807, 2.05) is 30.3 Å². The van der Waals surface area contributed by atoms with Gasteiger partial charge in [0.1, 0.15) is 0 Å². The van der Waals surface area contributed by atoms with Crippen LogP contribution in [-0.4, -0.2) is 49.8 Å². The standard InChI is InChI=1S/C23H30N2O2S/c26-28(27,25-17-15-24(16-18-25)22-9-5-2-6-10-22)23-13-11-21(12-14-23)19-20-7-3-1-4-8-20/h1,3-4,7-8,11-14,22H,2,5-6,9-10,15-19H2. The summed E-state index contributed by atoms with van der Waals surface area (Å²) < 4.78 is 27.8. The lowest BCUT2D eigenvalue weighted by Gasteiger charge is -2.40. The highest BCUT2D eigenvalue weighted by Gasteiger charge is 2.31. The zero-order chi connectivity index (χ0) is 19.4. The molecule has 0 N–H and O–H groups in total. The Balaban J connectivity index is 1.38. The Hall–Kier alpha value is -1.69. The summed E-state index contributed by atoms with van der Waals surface area (Å²) in [6.07, 6.45) is 7.36. The molecule has 150 valence electrons. The van der Waals surface area contributed by atoms with Crippen molar-refractivity contribution in [3.63, 3.8) is 0 Å². The average Bonchev–Trinajstić information content (AvgIpc) is 2.76. The molecule has 1 saturated heterocycles. The third-order valence-electron chi connectivity index (χ3n) is 6.18. The van der Waals surface area contributed by atoms with Crippen molar-refractivity contribution in [3.8, 4) is 0 Å². The summed E-state index contributed by atoms with van der Waals surface area (Å²) in [6, 6.07) is 18.3. The topological polar surface area (TPSA) is 40.6 Å². The summed E-state index contributed by atoms with van der Waals surface area (Å²) in [5.41, 5.74) is 2.37. The number of hydrogen-bond acceptors (Lipinski definition) is 3. The van der Waals surface area contributed by atoms with Crippen molar-refractivity contribution in [3.05, 3.63) is 65.7 Å². The van der Waals surface area contributed by atoms with E-state index in [4.69, 9.17) is 0 Å². The molecule has 2 aliphatic rings. The van der Waals surface area contributed by atoms with Gasteiger partial charge in [0, 0.05) is 32.2 Å². The van der Waals surface area contributed by atoms with Crippen molar-refractivity contribution in [2.24, 2.45) is 0 Å². The van der Waals surface area contributed by atoms with Gasteiger partial charge in [-0.05, 0) is 42.5 Å². The Bertz CT molecular complexity index is 851. The van der Waals surface area contributed by atoms with Gasteiger partial charge >= 0.3 is 0 Å². The Morgan fingerprint density at radius 3 is 2.00 bits per heavy atom. The van der Waals surface area contributed by atoms with E-state index in [0.717, 1.165) is 25.1 Å². The molecule has 2 fully saturated rings. The minimum absolute atomic E-state index is 0.412. The Kier molecular flexibility index (Phi) is 6.14. The first-order valence-corrected chi connectivity index (χ1v) is 11.9. The minimum atomic E-state index is -3.40. The molecule has 0 amide bonds. The highest BCUT2D eigenvalue weighted by Crippen LogP contribution is 2.25. The minimum Gasteiger partial charge on any atom is -0.298 e. The SMILES string of the molecule is O=S(=O)(c1ccc(Cc2ccccc2)cc1)N1CCN(C2CCCCC2)CC1. The van der Waals surface area contributed by atoms with Gasteiger partial charge in [-0.3, -0.25) is 4.90 Å². The Morgan fingerprint density at radius 1 is 0.750 bits per heavy atom. The van der Waals surface area contributed by atoms with Crippen molar-refractivity contribution in [2.75, 3.05) is 26.2 Å². The molecule has 1 aliphatic heterocycles. The van der Waals surface area contributed by atoms with Gasteiger partial charge in [0.05, 0.1) is 4.90 Å². The number of piperazine rings is 1. The lowest BCUT2D eigenvalue weighted by Crippen LogP contribution is -2.52. The fourth-order valence-corrected chi connectivity index (χ4v) is 5.94. The molecule has 1 aliphatic carbocycles. The van der Waals surface area contributed by atoms with Crippen molar-refractivity contribution >= 4 is 10.0 Å². The van der Waals surface area contributed by atoms with Gasteiger partial charge in [-0.2, -0.15) is 4.31 Å². The van der Waals surface area contributed by atoms with Crippen molar-refractivity contribution in [2.45, 2.75) is 49.5 Å². The summed E-state index contributed by atoms with van der Waals surface area (Å²) in [5, 5.41) is 0. The number of rotatable bonds is 5. The van der Waals surface area contributed by atoms with E-state index in [2.05, 4.69) is 17.0 Å². The molecule has 0 aromatic heterocycles. The van der Waals surface area contributed by atoms with Gasteiger partial charge in [0.25, 0.3) is 0 Å². The maximum absolute atomic E-state index is 13.0. The lowest BCUT2D eigenvalue weighted by atomic mass is 9.94. The van der Waals surface area contributed by atoms with Gasteiger partial charge < -0.3 is 0 Å². The van der Waals surface area contributed by atoms with E-state index in [1.54, 1.807) is 16.4 Å². The van der Waals surface area contributed by atoms with Gasteiger partial charge in [-0.1, -0.05) is 61.7 Å². The van der Waals surface area contributed by atoms with Crippen LogP contribution in [0.5, 0.6) is 0 Å². The summed E-state index contributed by atoms with van der Waals surface area (Å²) in [6.45, 7) is 2.92. The average molecular weight is 399 g/mol. The van der Waals surface area contributed by atoms with Crippen LogP contribution < -0.4 is 0 Å². The van der Waals surface area contributed by atoms with Crippen LogP contribution in [0.1, 0.15) is 43.2 Å². The van der Waals surface area contributed by atoms with Crippen LogP contribution in [0.4, 0.5) is 0 Å². The molecule has 1 saturated carbocycles. The molecule has 5 heteroatoms. The molecule has 0 radical (unpaired) electrons. The molecule has 4 rings (SSSR count). The second-order valence-electron chi connectivity index (χ2n) is 8.04. The molecule has 4 nitrogen and oxygen atoms in total. The fourth-order valence-electron chi connectivity index (χ4n) is 4.52. The van der Waals surface area contributed by atoms with Crippen molar-refractivity contribution in [1.29, 1.82) is 0 Å². The molecule has 2 aromatic carbocycles. The molecular formula is C23H30N2O2S. The molecule has 0 bridgehead atoms. The van der Waals surface area contributed by atoms with Crippen LogP contribution in [0.3, 0.4) is 0 Å². The first-order chi connectivity index (χ1) is 13.6. The predicted octanol–water partition coefficient (Wildman–Crippen LogP) is 3.92. The number of nitrogens with zero attached hydrogens (tertiary/aromatic N) is 2. The summed E-state index contributed by atoms with van der Waals surface area (Å²) in [5.74, 6) is 0. The van der Waals surface area contributed by atoms with Crippen molar-refractivity contribution < 1.29 is 8.42 Å². The van der Waals surface area contributed by atoms with Crippen molar-refractivity contribution in [1.82, 2.24) is 9.21 Å². The van der Waals surface area contributed by atoms with E-state index in [9.17, 15) is 8.42 Å². The molecule has 28 heavy (non-hydrogen) atoms. The van der Waals surface area contributed by atoms with Crippen LogP contribution in [-0.2, 0) is 16.4 Å². The van der Waals surface area contributed by atoms with Gasteiger partial charge in [-0.25, -0.2) is 8.42 Å². The van der Waals surface area contributed by atoms with Crippen LogP contribution in [0.25, 0.3) is 0 Å². The maximum Gasteiger partial charge on any atom is 0.243 e. The second-order valence-corrected chi connectivity index (χ2v) is 9.98. The number of hydrogen-bond donors (Lipinski definition) is 0. The molecular weight excluding hydrogens is 368 g/mol. The molecule has 0 spiro atoms. The van der Waals surface area contributed by atoms with E-state index < -0.39 is 10.0 Å². The zero-order valence-electron chi connectivity index (χ0n) is 16.5. The normalized spacial score (nSPS) is 20.3. The van der Waals surface area contributed by atoms with E-state index in [-0.39, 0.29) is 0 Å². The molecule has 0 atom stereocenters. The third kappa shape index (κ3) is 4.48. The second kappa shape index (κ2) is 8.76. The molecule has 1 heterocycles. The van der Waals surface area contributed by atoms with E-state index in [0.29, 0.717) is 24.0 Å². The fraction of sp³-hybridized carbons (Fsp3) is 0.478.